The number of halogens is 3. The van der Waals surface area contributed by atoms with Crippen molar-refractivity contribution in [2.75, 3.05) is 5.32 Å². The maximum Gasteiger partial charge on any atom is 0.416 e. The van der Waals surface area contributed by atoms with Crippen LogP contribution in [0.3, 0.4) is 0 Å². The smallest absolute Gasteiger partial charge is 0.416 e. The summed E-state index contributed by atoms with van der Waals surface area (Å²) in [5.74, 6) is 0.246. The van der Waals surface area contributed by atoms with Gasteiger partial charge in [-0.25, -0.2) is 10.4 Å². The van der Waals surface area contributed by atoms with Gasteiger partial charge < -0.3 is 10.1 Å². The number of alkyl halides is 3. The van der Waals surface area contributed by atoms with Gasteiger partial charge in [-0.15, -0.1) is 11.3 Å². The van der Waals surface area contributed by atoms with E-state index in [1.54, 1.807) is 5.38 Å². The molecule has 0 unspecified atom stereocenters. The molecule has 0 fully saturated rings. The van der Waals surface area contributed by atoms with Crippen LogP contribution in [0.4, 0.5) is 24.0 Å². The third-order valence-electron chi connectivity index (χ3n) is 5.16. The first kappa shape index (κ1) is 25.9. The number of anilines is 2. The van der Waals surface area contributed by atoms with Crippen LogP contribution in [0.25, 0.3) is 0 Å². The first-order valence-electron chi connectivity index (χ1n) is 11.2. The van der Waals surface area contributed by atoms with E-state index < -0.39 is 11.7 Å². The summed E-state index contributed by atoms with van der Waals surface area (Å²) in [6.45, 7) is 2.42. The molecule has 0 atom stereocenters. The highest BCUT2D eigenvalue weighted by molar-refractivity contribution is 7.13. The zero-order valence-corrected chi connectivity index (χ0v) is 20.6. The lowest BCUT2D eigenvalue weighted by atomic mass is 10.1. The van der Waals surface area contributed by atoms with Gasteiger partial charge in [0.1, 0.15) is 12.4 Å². The average Bonchev–Trinajstić information content (AvgIpc) is 3.30. The number of carbonyl (C=O) groups is 1. The van der Waals surface area contributed by atoms with Crippen LogP contribution in [0.1, 0.15) is 27.9 Å². The van der Waals surface area contributed by atoms with Gasteiger partial charge in [-0.05, 0) is 42.8 Å². The number of carbonyl (C=O) groups excluding carboxylic acids is 1. The molecule has 0 saturated carbocycles. The Labute approximate surface area is 215 Å². The number of benzene rings is 3. The molecular formula is C27H23F3N4O2S. The van der Waals surface area contributed by atoms with Crippen molar-refractivity contribution in [3.63, 3.8) is 0 Å². The van der Waals surface area contributed by atoms with Gasteiger partial charge in [0.05, 0.1) is 23.9 Å². The van der Waals surface area contributed by atoms with E-state index in [1.165, 1.54) is 35.2 Å². The Hall–Kier alpha value is -4.18. The maximum atomic E-state index is 12.9. The van der Waals surface area contributed by atoms with Gasteiger partial charge in [-0.2, -0.15) is 18.3 Å². The molecule has 0 aliphatic carbocycles. The van der Waals surface area contributed by atoms with E-state index in [9.17, 15) is 18.0 Å². The minimum atomic E-state index is -4.43. The SMILES string of the molecule is Cc1ccc(COc2ccccc2/C=N\NC(=O)Cc2csc(Nc3cccc(C(F)(F)F)c3)n2)cc1. The number of aromatic nitrogens is 1. The molecule has 0 spiro atoms. The predicted molar refractivity (Wildman–Crippen MR) is 138 cm³/mol. The van der Waals surface area contributed by atoms with Crippen LogP contribution >= 0.6 is 11.3 Å². The number of para-hydroxylation sites is 1. The number of aryl methyl sites for hydroxylation is 1. The minimum absolute atomic E-state index is 0.0380. The summed E-state index contributed by atoms with van der Waals surface area (Å²) >= 11 is 1.19. The third kappa shape index (κ3) is 7.65. The van der Waals surface area contributed by atoms with E-state index in [1.807, 2.05) is 55.5 Å². The second-order valence-corrected chi connectivity index (χ2v) is 8.99. The zero-order chi connectivity index (χ0) is 26.3. The molecule has 2 N–H and O–H groups in total. The topological polar surface area (TPSA) is 75.6 Å². The number of thiazole rings is 1. The van der Waals surface area contributed by atoms with Crippen molar-refractivity contribution < 1.29 is 22.7 Å². The molecule has 37 heavy (non-hydrogen) atoms. The van der Waals surface area contributed by atoms with E-state index in [0.29, 0.717) is 28.7 Å². The second-order valence-electron chi connectivity index (χ2n) is 8.13. The number of ether oxygens (including phenoxy) is 1. The van der Waals surface area contributed by atoms with Crippen LogP contribution in [-0.2, 0) is 24.0 Å². The summed E-state index contributed by atoms with van der Waals surface area (Å²) in [6.07, 6.45) is -2.97. The zero-order valence-electron chi connectivity index (χ0n) is 19.8. The van der Waals surface area contributed by atoms with Gasteiger partial charge in [0, 0.05) is 16.6 Å². The predicted octanol–water partition coefficient (Wildman–Crippen LogP) is 6.49. The fourth-order valence-corrected chi connectivity index (χ4v) is 4.01. The number of hydrogen-bond donors (Lipinski definition) is 2. The van der Waals surface area contributed by atoms with E-state index in [-0.39, 0.29) is 18.0 Å². The average molecular weight is 525 g/mol. The standard InChI is InChI=1S/C27H23F3N4O2S/c1-18-9-11-19(12-10-18)16-36-24-8-3-2-5-20(24)15-31-34-25(35)14-23-17-37-26(33-23)32-22-7-4-6-21(13-22)27(28,29)30/h2-13,15,17H,14,16H2,1H3,(H,32,33)(H,34,35)/b31-15-. The number of hydrogen-bond acceptors (Lipinski definition) is 6. The molecule has 10 heteroatoms. The van der Waals surface area contributed by atoms with Crippen molar-refractivity contribution in [1.82, 2.24) is 10.4 Å². The summed E-state index contributed by atoms with van der Waals surface area (Å²) in [5, 5.41) is 8.90. The Morgan fingerprint density at radius 3 is 2.65 bits per heavy atom. The number of rotatable bonds is 9. The van der Waals surface area contributed by atoms with Gasteiger partial charge in [0.25, 0.3) is 0 Å². The van der Waals surface area contributed by atoms with E-state index in [2.05, 4.69) is 20.8 Å². The van der Waals surface area contributed by atoms with Crippen LogP contribution in [0.5, 0.6) is 5.75 Å². The Balaban J connectivity index is 1.30. The third-order valence-corrected chi connectivity index (χ3v) is 5.97. The molecule has 1 amide bonds. The highest BCUT2D eigenvalue weighted by Crippen LogP contribution is 2.31. The van der Waals surface area contributed by atoms with Gasteiger partial charge in [-0.3, -0.25) is 4.79 Å². The summed E-state index contributed by atoms with van der Waals surface area (Å²) in [4.78, 5) is 16.6. The molecular weight excluding hydrogens is 501 g/mol. The number of nitrogens with zero attached hydrogens (tertiary/aromatic N) is 2. The van der Waals surface area contributed by atoms with Crippen LogP contribution in [0.2, 0.25) is 0 Å². The molecule has 190 valence electrons. The second kappa shape index (κ2) is 11.7. The summed E-state index contributed by atoms with van der Waals surface area (Å²) < 4.78 is 44.6. The Kier molecular flexibility index (Phi) is 8.19. The lowest BCUT2D eigenvalue weighted by Crippen LogP contribution is -2.20. The summed E-state index contributed by atoms with van der Waals surface area (Å²) in [5.41, 5.74) is 5.35. The Morgan fingerprint density at radius 1 is 1.08 bits per heavy atom. The van der Waals surface area contributed by atoms with Gasteiger partial charge in [0.15, 0.2) is 5.13 Å². The van der Waals surface area contributed by atoms with Crippen LogP contribution in [0.15, 0.2) is 83.3 Å². The summed E-state index contributed by atoms with van der Waals surface area (Å²) in [7, 11) is 0. The van der Waals surface area contributed by atoms with Gasteiger partial charge in [0.2, 0.25) is 5.91 Å². The first-order chi connectivity index (χ1) is 17.8. The highest BCUT2D eigenvalue weighted by atomic mass is 32.1. The molecule has 4 rings (SSSR count). The van der Waals surface area contributed by atoms with Crippen molar-refractivity contribution in [2.45, 2.75) is 26.1 Å². The van der Waals surface area contributed by atoms with Crippen LogP contribution in [0, 0.1) is 6.92 Å². The fraction of sp³-hybridized carbons (Fsp3) is 0.148. The van der Waals surface area contributed by atoms with E-state index in [4.69, 9.17) is 4.74 Å². The van der Waals surface area contributed by atoms with Crippen LogP contribution < -0.4 is 15.5 Å². The minimum Gasteiger partial charge on any atom is -0.488 e. The van der Waals surface area contributed by atoms with Crippen LogP contribution in [-0.4, -0.2) is 17.1 Å². The Bertz CT molecular complexity index is 1380. The normalized spacial score (nSPS) is 11.5. The van der Waals surface area contributed by atoms with E-state index >= 15 is 0 Å². The maximum absolute atomic E-state index is 12.9. The molecule has 0 bridgehead atoms. The largest absolute Gasteiger partial charge is 0.488 e. The van der Waals surface area contributed by atoms with Crippen molar-refractivity contribution >= 4 is 34.3 Å². The Morgan fingerprint density at radius 2 is 1.86 bits per heavy atom. The lowest BCUT2D eigenvalue weighted by Gasteiger charge is -2.09. The molecule has 1 heterocycles. The van der Waals surface area contributed by atoms with Crippen molar-refractivity contribution in [3.8, 4) is 5.75 Å². The quantitative estimate of drug-likeness (QED) is 0.194. The molecule has 0 saturated heterocycles. The number of amides is 1. The van der Waals surface area contributed by atoms with Gasteiger partial charge in [-0.1, -0.05) is 48.0 Å². The molecule has 6 nitrogen and oxygen atoms in total. The van der Waals surface area contributed by atoms with Crippen molar-refractivity contribution in [1.29, 1.82) is 0 Å². The summed E-state index contributed by atoms with van der Waals surface area (Å²) in [6, 6.07) is 20.2. The molecule has 4 aromatic rings. The fourth-order valence-electron chi connectivity index (χ4n) is 3.28. The molecule has 0 radical (unpaired) electrons. The van der Waals surface area contributed by atoms with Gasteiger partial charge >= 0.3 is 6.18 Å². The molecule has 3 aromatic carbocycles. The highest BCUT2D eigenvalue weighted by Gasteiger charge is 2.30. The molecule has 0 aliphatic rings. The number of hydrazone groups is 1. The first-order valence-corrected chi connectivity index (χ1v) is 12.1. The van der Waals surface area contributed by atoms with Crippen molar-refractivity contribution in [2.24, 2.45) is 5.10 Å². The lowest BCUT2D eigenvalue weighted by molar-refractivity contribution is -0.137. The number of nitrogens with one attached hydrogen (secondary N) is 2. The van der Waals surface area contributed by atoms with Crippen molar-refractivity contribution in [3.05, 3.63) is 106 Å². The monoisotopic (exact) mass is 524 g/mol. The molecule has 0 aliphatic heterocycles. The molecule has 1 aromatic heterocycles. The van der Waals surface area contributed by atoms with E-state index in [0.717, 1.165) is 17.7 Å².